The molecule has 2 atom stereocenters. The van der Waals surface area contributed by atoms with Gasteiger partial charge in [0.05, 0.1) is 22.4 Å². The zero-order valence-corrected chi connectivity index (χ0v) is 17.0. The maximum absolute atomic E-state index is 13.5. The van der Waals surface area contributed by atoms with Crippen molar-refractivity contribution in [1.82, 2.24) is 0 Å². The number of carbonyl (C=O) groups excluding carboxylic acids is 1. The van der Waals surface area contributed by atoms with Crippen molar-refractivity contribution >= 4 is 40.0 Å². The summed E-state index contributed by atoms with van der Waals surface area (Å²) in [7, 11) is 0. The SMILES string of the molecule is N#CC1=C(N)N(c2ccccc2)C(=S)C(C(=O)c2cccs2)C1c1ccccc1. The third-order valence-electron chi connectivity index (χ3n) is 4.99. The summed E-state index contributed by atoms with van der Waals surface area (Å²) in [5.41, 5.74) is 8.38. The van der Waals surface area contributed by atoms with Crippen LogP contribution >= 0.6 is 23.6 Å². The number of allylic oxidation sites excluding steroid dienone is 1. The Morgan fingerprint density at radius 2 is 1.69 bits per heavy atom. The molecular weight excluding hydrogens is 398 g/mol. The van der Waals surface area contributed by atoms with Gasteiger partial charge in [0.25, 0.3) is 0 Å². The van der Waals surface area contributed by atoms with Gasteiger partial charge in [0, 0.05) is 11.6 Å². The van der Waals surface area contributed by atoms with Gasteiger partial charge in [0.2, 0.25) is 0 Å². The summed E-state index contributed by atoms with van der Waals surface area (Å²) in [6.07, 6.45) is 0. The van der Waals surface area contributed by atoms with Crippen LogP contribution in [-0.4, -0.2) is 10.8 Å². The summed E-state index contributed by atoms with van der Waals surface area (Å²) in [5, 5.41) is 11.9. The molecule has 142 valence electrons. The Balaban J connectivity index is 1.94. The fourth-order valence-electron chi connectivity index (χ4n) is 3.67. The quantitative estimate of drug-likeness (QED) is 0.486. The molecule has 4 nitrogen and oxygen atoms in total. The lowest BCUT2D eigenvalue weighted by Crippen LogP contribution is -2.48. The van der Waals surface area contributed by atoms with Crippen LogP contribution in [0, 0.1) is 17.2 Å². The Hall–Kier alpha value is -3.27. The predicted octanol–water partition coefficient (Wildman–Crippen LogP) is 4.87. The Morgan fingerprint density at radius 1 is 1.03 bits per heavy atom. The number of thiocarbonyl (C=S) groups is 1. The van der Waals surface area contributed by atoms with Gasteiger partial charge < -0.3 is 5.73 Å². The third kappa shape index (κ3) is 3.35. The first-order valence-electron chi connectivity index (χ1n) is 9.05. The van der Waals surface area contributed by atoms with Crippen molar-refractivity contribution in [2.24, 2.45) is 11.7 Å². The number of anilines is 1. The maximum atomic E-state index is 13.5. The molecule has 0 saturated carbocycles. The van der Waals surface area contributed by atoms with Crippen molar-refractivity contribution in [3.63, 3.8) is 0 Å². The Bertz CT molecular complexity index is 1120. The van der Waals surface area contributed by atoms with Crippen molar-refractivity contribution in [3.05, 3.63) is 100 Å². The van der Waals surface area contributed by atoms with E-state index in [1.165, 1.54) is 11.3 Å². The number of thiophene rings is 1. The molecule has 1 aliphatic rings. The fraction of sp³-hybridized carbons (Fsp3) is 0.0870. The lowest BCUT2D eigenvalue weighted by Gasteiger charge is -2.39. The summed E-state index contributed by atoms with van der Waals surface area (Å²) in [6, 6.07) is 24.7. The molecule has 0 fully saturated rings. The van der Waals surface area contributed by atoms with E-state index in [2.05, 4.69) is 6.07 Å². The highest BCUT2D eigenvalue weighted by atomic mass is 32.1. The van der Waals surface area contributed by atoms with Crippen LogP contribution in [0.4, 0.5) is 5.69 Å². The Morgan fingerprint density at radius 3 is 2.28 bits per heavy atom. The van der Waals surface area contributed by atoms with Crippen LogP contribution < -0.4 is 10.6 Å². The molecule has 4 rings (SSSR count). The van der Waals surface area contributed by atoms with E-state index in [-0.39, 0.29) is 11.6 Å². The van der Waals surface area contributed by atoms with Crippen LogP contribution in [0.15, 0.2) is 89.6 Å². The number of carbonyl (C=O) groups is 1. The van der Waals surface area contributed by atoms with E-state index in [9.17, 15) is 10.1 Å². The van der Waals surface area contributed by atoms with Crippen molar-refractivity contribution < 1.29 is 4.79 Å². The number of Topliss-reactive ketones (excluding diaryl/α,β-unsaturated/α-hetero) is 1. The summed E-state index contributed by atoms with van der Waals surface area (Å²) in [6.45, 7) is 0. The van der Waals surface area contributed by atoms with Gasteiger partial charge in [0.15, 0.2) is 5.78 Å². The second-order valence-corrected chi connectivity index (χ2v) is 7.99. The smallest absolute Gasteiger partial charge is 0.183 e. The maximum Gasteiger partial charge on any atom is 0.183 e. The number of nitrogens with two attached hydrogens (primary N) is 1. The Kier molecular flexibility index (Phi) is 5.26. The molecule has 0 aliphatic carbocycles. The van der Waals surface area contributed by atoms with Crippen molar-refractivity contribution in [1.29, 1.82) is 5.26 Å². The summed E-state index contributed by atoms with van der Waals surface area (Å²) < 4.78 is 0. The predicted molar refractivity (Wildman–Crippen MR) is 120 cm³/mol. The van der Waals surface area contributed by atoms with E-state index in [1.807, 2.05) is 72.1 Å². The van der Waals surface area contributed by atoms with E-state index in [1.54, 1.807) is 11.0 Å². The highest BCUT2D eigenvalue weighted by Crippen LogP contribution is 2.42. The molecule has 0 amide bonds. The number of benzene rings is 2. The molecule has 2 unspecified atom stereocenters. The molecule has 2 aromatic carbocycles. The topological polar surface area (TPSA) is 70.1 Å². The van der Waals surface area contributed by atoms with Crippen LogP contribution in [-0.2, 0) is 0 Å². The second kappa shape index (κ2) is 8.00. The van der Waals surface area contributed by atoms with Gasteiger partial charge >= 0.3 is 0 Å². The molecule has 0 spiro atoms. The minimum absolute atomic E-state index is 0.0972. The summed E-state index contributed by atoms with van der Waals surface area (Å²) >= 11 is 7.19. The van der Waals surface area contributed by atoms with Gasteiger partial charge in [-0.1, -0.05) is 66.8 Å². The molecule has 1 aliphatic heterocycles. The molecule has 0 bridgehead atoms. The largest absolute Gasteiger partial charge is 0.384 e. The summed E-state index contributed by atoms with van der Waals surface area (Å²) in [4.78, 5) is 16.2. The number of hydrogen-bond acceptors (Lipinski definition) is 5. The molecule has 0 saturated heterocycles. The molecular formula is C23H17N3OS2. The van der Waals surface area contributed by atoms with Gasteiger partial charge in [-0.2, -0.15) is 5.26 Å². The lowest BCUT2D eigenvalue weighted by atomic mass is 9.75. The number of nitriles is 1. The normalized spacial score (nSPS) is 19.1. The standard InChI is InChI=1S/C23H17N3OS2/c24-14-17-19(15-8-3-1-4-9-15)20(21(27)18-12-7-13-29-18)23(28)26(22(17)25)16-10-5-2-6-11-16/h1-13,19-20H,25H2. The van der Waals surface area contributed by atoms with Gasteiger partial charge in [-0.05, 0) is 29.1 Å². The zero-order chi connectivity index (χ0) is 20.4. The second-order valence-electron chi connectivity index (χ2n) is 6.63. The highest BCUT2D eigenvalue weighted by Gasteiger charge is 2.44. The Labute approximate surface area is 178 Å². The minimum atomic E-state index is -0.701. The van der Waals surface area contributed by atoms with Crippen molar-refractivity contribution in [3.8, 4) is 6.07 Å². The summed E-state index contributed by atoms with van der Waals surface area (Å²) in [5.74, 6) is -1.05. The van der Waals surface area contributed by atoms with E-state index < -0.39 is 11.8 Å². The number of nitrogens with zero attached hydrogens (tertiary/aromatic N) is 2. The van der Waals surface area contributed by atoms with Crippen LogP contribution in [0.25, 0.3) is 0 Å². The highest BCUT2D eigenvalue weighted by molar-refractivity contribution is 7.80. The first-order valence-corrected chi connectivity index (χ1v) is 10.3. The molecule has 1 aromatic heterocycles. The molecule has 29 heavy (non-hydrogen) atoms. The van der Waals surface area contributed by atoms with Gasteiger partial charge in [-0.25, -0.2) is 0 Å². The van der Waals surface area contributed by atoms with E-state index in [0.717, 1.165) is 11.3 Å². The average molecular weight is 416 g/mol. The van der Waals surface area contributed by atoms with Crippen LogP contribution in [0.2, 0.25) is 0 Å². The number of rotatable bonds is 4. The zero-order valence-electron chi connectivity index (χ0n) is 15.4. The molecule has 2 N–H and O–H groups in total. The number of para-hydroxylation sites is 1. The fourth-order valence-corrected chi connectivity index (χ4v) is 4.82. The van der Waals surface area contributed by atoms with Crippen LogP contribution in [0.1, 0.15) is 21.2 Å². The van der Waals surface area contributed by atoms with Crippen LogP contribution in [0.5, 0.6) is 0 Å². The minimum Gasteiger partial charge on any atom is -0.384 e. The lowest BCUT2D eigenvalue weighted by molar-refractivity contribution is 0.0949. The van der Waals surface area contributed by atoms with E-state index in [0.29, 0.717) is 15.4 Å². The molecule has 0 radical (unpaired) electrons. The van der Waals surface area contributed by atoms with E-state index >= 15 is 0 Å². The molecule has 6 heteroatoms. The van der Waals surface area contributed by atoms with Crippen molar-refractivity contribution in [2.75, 3.05) is 4.90 Å². The van der Waals surface area contributed by atoms with E-state index in [4.69, 9.17) is 18.0 Å². The average Bonchev–Trinajstić information content (AvgIpc) is 3.29. The first kappa shape index (κ1) is 19.1. The monoisotopic (exact) mass is 415 g/mol. The molecule has 2 heterocycles. The van der Waals surface area contributed by atoms with Gasteiger partial charge in [-0.3, -0.25) is 9.69 Å². The third-order valence-corrected chi connectivity index (χ3v) is 6.31. The van der Waals surface area contributed by atoms with Gasteiger partial charge in [0.1, 0.15) is 10.8 Å². The van der Waals surface area contributed by atoms with Gasteiger partial charge in [-0.15, -0.1) is 11.3 Å². The molecule has 3 aromatic rings. The number of ketones is 1. The first-order chi connectivity index (χ1) is 14.1. The number of hydrogen-bond donors (Lipinski definition) is 1. The van der Waals surface area contributed by atoms with Crippen molar-refractivity contribution in [2.45, 2.75) is 5.92 Å². The van der Waals surface area contributed by atoms with Crippen LogP contribution in [0.3, 0.4) is 0 Å².